The molecule has 2 aromatic carbocycles. The molecule has 6 rings (SSSR count). The molecule has 1 unspecified atom stereocenters. The highest BCUT2D eigenvalue weighted by Gasteiger charge is 2.57. The van der Waals surface area contributed by atoms with Gasteiger partial charge in [-0.25, -0.2) is 0 Å². The van der Waals surface area contributed by atoms with Crippen molar-refractivity contribution in [1.82, 2.24) is 4.98 Å². The summed E-state index contributed by atoms with van der Waals surface area (Å²) in [6.45, 7) is 0.699. The predicted octanol–water partition coefficient (Wildman–Crippen LogP) is 4.19. The minimum absolute atomic E-state index is 0.0420. The first-order valence-electron chi connectivity index (χ1n) is 10.3. The Morgan fingerprint density at radius 3 is 2.67 bits per heavy atom. The second-order valence-corrected chi connectivity index (χ2v) is 8.21. The Balaban J connectivity index is 1.41. The Bertz CT molecular complexity index is 1280. The fraction of sp³-hybridized carbons (Fsp3) is 0.250. The maximum Gasteiger partial charge on any atom is 0.417 e. The lowest BCUT2D eigenvalue weighted by Gasteiger charge is -2.24. The van der Waals surface area contributed by atoms with Gasteiger partial charge < -0.3 is 19.1 Å². The molecule has 0 aliphatic carbocycles. The van der Waals surface area contributed by atoms with Crippen LogP contribution < -0.4 is 14.4 Å². The van der Waals surface area contributed by atoms with E-state index in [2.05, 4.69) is 4.98 Å². The van der Waals surface area contributed by atoms with Crippen LogP contribution in [0.5, 0.6) is 11.5 Å². The predicted molar refractivity (Wildman–Crippen MR) is 110 cm³/mol. The van der Waals surface area contributed by atoms with Crippen molar-refractivity contribution in [1.29, 1.82) is 0 Å². The maximum atomic E-state index is 13.9. The molecular formula is C24H17F3N2O4. The number of aromatic nitrogens is 1. The Labute approximate surface area is 186 Å². The first-order chi connectivity index (χ1) is 15.9. The molecule has 168 valence electrons. The van der Waals surface area contributed by atoms with Crippen molar-refractivity contribution >= 4 is 11.6 Å². The summed E-state index contributed by atoms with van der Waals surface area (Å²) in [6.07, 6.45) is -3.68. The molecule has 9 heteroatoms. The second kappa shape index (κ2) is 6.95. The molecule has 3 aliphatic rings. The minimum atomic E-state index is -4.47. The van der Waals surface area contributed by atoms with Gasteiger partial charge in [0.15, 0.2) is 6.79 Å². The van der Waals surface area contributed by atoms with Crippen molar-refractivity contribution in [3.8, 4) is 11.5 Å². The van der Waals surface area contributed by atoms with Crippen LogP contribution in [0.2, 0.25) is 0 Å². The number of alkyl halides is 3. The Morgan fingerprint density at radius 1 is 1.03 bits per heavy atom. The molecule has 0 saturated heterocycles. The molecule has 0 N–H and O–H groups in total. The smallest absolute Gasteiger partial charge is 0.417 e. The third-order valence-corrected chi connectivity index (χ3v) is 6.36. The van der Waals surface area contributed by atoms with Crippen molar-refractivity contribution in [3.63, 3.8) is 0 Å². The van der Waals surface area contributed by atoms with Gasteiger partial charge in [0.25, 0.3) is 0 Å². The van der Waals surface area contributed by atoms with Crippen LogP contribution in [0.1, 0.15) is 27.9 Å². The van der Waals surface area contributed by atoms with E-state index in [1.54, 1.807) is 4.90 Å². The first kappa shape index (κ1) is 20.0. The largest absolute Gasteiger partial charge is 0.491 e. The van der Waals surface area contributed by atoms with E-state index in [4.69, 9.17) is 14.2 Å². The lowest BCUT2D eigenvalue weighted by molar-refractivity contribution is -0.137. The molecule has 1 atom stereocenters. The number of carbonyl (C=O) groups excluding carboxylic acids is 1. The summed E-state index contributed by atoms with van der Waals surface area (Å²) >= 11 is 0. The SMILES string of the molecule is O=C1N(Cc2ccc(C(F)(F)F)cn2)c2ccccc2C12COc1cc3c(cc12)OCOC3. The fourth-order valence-electron chi connectivity index (χ4n) is 4.75. The first-order valence-corrected chi connectivity index (χ1v) is 10.3. The molecule has 3 aromatic rings. The van der Waals surface area contributed by atoms with Crippen LogP contribution >= 0.6 is 0 Å². The highest BCUT2D eigenvalue weighted by Crippen LogP contribution is 2.54. The maximum absolute atomic E-state index is 13.9. The minimum Gasteiger partial charge on any atom is -0.491 e. The number of nitrogens with zero attached hydrogens (tertiary/aromatic N) is 2. The summed E-state index contributed by atoms with van der Waals surface area (Å²) in [7, 11) is 0. The molecule has 0 saturated carbocycles. The molecule has 33 heavy (non-hydrogen) atoms. The van der Waals surface area contributed by atoms with Crippen LogP contribution in [0.3, 0.4) is 0 Å². The number of pyridine rings is 1. The van der Waals surface area contributed by atoms with Crippen LogP contribution in [0.25, 0.3) is 0 Å². The third kappa shape index (κ3) is 2.92. The van der Waals surface area contributed by atoms with E-state index < -0.39 is 17.2 Å². The van der Waals surface area contributed by atoms with Crippen molar-refractivity contribution in [2.45, 2.75) is 24.7 Å². The molecular weight excluding hydrogens is 437 g/mol. The zero-order valence-electron chi connectivity index (χ0n) is 17.2. The Kier molecular flexibility index (Phi) is 4.22. The van der Waals surface area contributed by atoms with Gasteiger partial charge >= 0.3 is 6.18 Å². The molecule has 1 spiro atoms. The second-order valence-electron chi connectivity index (χ2n) is 8.21. The summed E-state index contributed by atoms with van der Waals surface area (Å²) in [6, 6.07) is 13.3. The Hall–Kier alpha value is -3.59. The number of fused-ring (bicyclic) bond motifs is 5. The number of benzene rings is 2. The standard InChI is InChI=1S/C24H17F3N2O4/c25-24(26,27)15-5-6-16(28-9-15)10-29-19-4-2-1-3-17(19)23(22(29)30)12-32-21-7-14-11-31-13-33-20(14)8-18(21)23/h1-9H,10-13H2. The van der Waals surface area contributed by atoms with Crippen molar-refractivity contribution in [2.75, 3.05) is 18.3 Å². The summed E-state index contributed by atoms with van der Waals surface area (Å²) in [4.78, 5) is 19.4. The average Bonchev–Trinajstić information content (AvgIpc) is 3.30. The third-order valence-electron chi connectivity index (χ3n) is 6.36. The fourth-order valence-corrected chi connectivity index (χ4v) is 4.75. The molecule has 0 radical (unpaired) electrons. The normalized spacial score (nSPS) is 20.8. The van der Waals surface area contributed by atoms with Gasteiger partial charge in [0, 0.05) is 23.0 Å². The van der Waals surface area contributed by atoms with Crippen LogP contribution in [-0.2, 0) is 34.3 Å². The molecule has 1 aromatic heterocycles. The lowest BCUT2D eigenvalue weighted by Crippen LogP contribution is -2.42. The number of hydrogen-bond acceptors (Lipinski definition) is 5. The van der Waals surface area contributed by atoms with Crippen LogP contribution in [0.15, 0.2) is 54.7 Å². The number of rotatable bonds is 2. The van der Waals surface area contributed by atoms with Gasteiger partial charge in [-0.1, -0.05) is 18.2 Å². The van der Waals surface area contributed by atoms with Gasteiger partial charge in [-0.05, 0) is 35.9 Å². The van der Waals surface area contributed by atoms with Crippen LogP contribution in [0.4, 0.5) is 18.9 Å². The monoisotopic (exact) mass is 454 g/mol. The zero-order valence-corrected chi connectivity index (χ0v) is 17.2. The lowest BCUT2D eigenvalue weighted by atomic mass is 9.77. The van der Waals surface area contributed by atoms with E-state index >= 15 is 0 Å². The number of halogens is 3. The van der Waals surface area contributed by atoms with Gasteiger partial charge in [-0.2, -0.15) is 13.2 Å². The summed E-state index contributed by atoms with van der Waals surface area (Å²) < 4.78 is 55.7. The molecule has 0 fully saturated rings. The summed E-state index contributed by atoms with van der Waals surface area (Å²) in [5.41, 5.74) is 1.49. The van der Waals surface area contributed by atoms with Crippen LogP contribution in [-0.4, -0.2) is 24.3 Å². The summed E-state index contributed by atoms with van der Waals surface area (Å²) in [5.74, 6) is 1.04. The molecule has 0 bridgehead atoms. The van der Waals surface area contributed by atoms with Crippen molar-refractivity contribution < 1.29 is 32.2 Å². The van der Waals surface area contributed by atoms with E-state index in [1.165, 1.54) is 6.07 Å². The quantitative estimate of drug-likeness (QED) is 0.581. The topological polar surface area (TPSA) is 60.9 Å². The van der Waals surface area contributed by atoms with Gasteiger partial charge in [-0.15, -0.1) is 0 Å². The van der Waals surface area contributed by atoms with E-state index in [0.29, 0.717) is 35.1 Å². The highest BCUT2D eigenvalue weighted by atomic mass is 19.4. The van der Waals surface area contributed by atoms with Crippen molar-refractivity contribution in [3.05, 3.63) is 82.7 Å². The molecule has 4 heterocycles. The number of ether oxygens (including phenoxy) is 3. The van der Waals surface area contributed by atoms with Crippen molar-refractivity contribution in [2.24, 2.45) is 0 Å². The van der Waals surface area contributed by atoms with Crippen LogP contribution in [0, 0.1) is 0 Å². The Morgan fingerprint density at radius 2 is 1.88 bits per heavy atom. The van der Waals surface area contributed by atoms with Gasteiger partial charge in [0.2, 0.25) is 5.91 Å². The highest BCUT2D eigenvalue weighted by molar-refractivity contribution is 6.11. The van der Waals surface area contributed by atoms with E-state index in [1.807, 2.05) is 36.4 Å². The number of carbonyl (C=O) groups is 1. The molecule has 1 amide bonds. The average molecular weight is 454 g/mol. The molecule has 6 nitrogen and oxygen atoms in total. The van der Waals surface area contributed by atoms with E-state index in [0.717, 1.165) is 23.4 Å². The summed E-state index contributed by atoms with van der Waals surface area (Å²) in [5, 5.41) is 0. The number of para-hydroxylation sites is 1. The number of hydrogen-bond donors (Lipinski definition) is 0. The zero-order chi connectivity index (χ0) is 22.8. The number of anilines is 1. The molecule has 3 aliphatic heterocycles. The van der Waals surface area contributed by atoms with Gasteiger partial charge in [0.1, 0.15) is 23.5 Å². The van der Waals surface area contributed by atoms with Gasteiger partial charge in [-0.3, -0.25) is 9.78 Å². The van der Waals surface area contributed by atoms with E-state index in [9.17, 15) is 18.0 Å². The number of amides is 1. The van der Waals surface area contributed by atoms with E-state index in [-0.39, 0.29) is 25.9 Å². The van der Waals surface area contributed by atoms with Gasteiger partial charge in [0.05, 0.1) is 24.4 Å².